The van der Waals surface area contributed by atoms with Crippen molar-refractivity contribution in [2.45, 2.75) is 53.5 Å². The van der Waals surface area contributed by atoms with E-state index in [1.54, 1.807) is 0 Å². The molecule has 0 bridgehead atoms. The molecule has 1 atom stereocenters. The molecule has 80 valence electrons. The van der Waals surface area contributed by atoms with Crippen LogP contribution in [0.4, 0.5) is 0 Å². The van der Waals surface area contributed by atoms with E-state index in [-0.39, 0.29) is 0 Å². The Kier molecular flexibility index (Phi) is 6.40. The normalized spacial score (nSPS) is 14.5. The monoisotopic (exact) mass is 185 g/mol. The van der Waals surface area contributed by atoms with E-state index in [1.165, 1.54) is 19.4 Å². The molecule has 0 saturated heterocycles. The summed E-state index contributed by atoms with van der Waals surface area (Å²) in [6, 6.07) is 0.764. The molecule has 0 radical (unpaired) electrons. The van der Waals surface area contributed by atoms with Crippen molar-refractivity contribution in [2.24, 2.45) is 11.8 Å². The highest BCUT2D eigenvalue weighted by Gasteiger charge is 2.24. The smallest absolute Gasteiger partial charge is 0.0143 e. The second kappa shape index (κ2) is 6.42. The highest BCUT2D eigenvalue weighted by Crippen LogP contribution is 2.23. The number of hydrogen-bond donors (Lipinski definition) is 0. The zero-order chi connectivity index (χ0) is 10.4. The quantitative estimate of drug-likeness (QED) is 0.613. The van der Waals surface area contributed by atoms with Gasteiger partial charge in [0.1, 0.15) is 0 Å². The summed E-state index contributed by atoms with van der Waals surface area (Å²) in [6.45, 7) is 12.7. The maximum Gasteiger partial charge on any atom is 0.0143 e. The van der Waals surface area contributed by atoms with Gasteiger partial charge in [-0.3, -0.25) is 0 Å². The van der Waals surface area contributed by atoms with E-state index in [0.717, 1.165) is 17.9 Å². The van der Waals surface area contributed by atoms with Gasteiger partial charge in [-0.25, -0.2) is 0 Å². The molecule has 1 heteroatoms. The van der Waals surface area contributed by atoms with E-state index in [9.17, 15) is 0 Å². The Hall–Kier alpha value is -0.0400. The minimum atomic E-state index is 0.764. The molecule has 0 N–H and O–H groups in total. The van der Waals surface area contributed by atoms with E-state index in [2.05, 4.69) is 46.6 Å². The van der Waals surface area contributed by atoms with Crippen LogP contribution in [0, 0.1) is 11.8 Å². The van der Waals surface area contributed by atoms with Crippen LogP contribution in [0.1, 0.15) is 47.5 Å². The Morgan fingerprint density at radius 2 is 1.46 bits per heavy atom. The minimum absolute atomic E-state index is 0.764. The van der Waals surface area contributed by atoms with Gasteiger partial charge in [-0.2, -0.15) is 0 Å². The molecular weight excluding hydrogens is 158 g/mol. The predicted molar refractivity (Wildman–Crippen MR) is 61.0 cm³/mol. The number of hydrogen-bond acceptors (Lipinski definition) is 1. The summed E-state index contributed by atoms with van der Waals surface area (Å²) in [7, 11) is 2.25. The fourth-order valence-corrected chi connectivity index (χ4v) is 2.40. The summed E-state index contributed by atoms with van der Waals surface area (Å²) in [5.74, 6) is 1.64. The molecule has 1 nitrogen and oxygen atoms in total. The van der Waals surface area contributed by atoms with Crippen molar-refractivity contribution in [2.75, 3.05) is 13.6 Å². The molecule has 0 aromatic carbocycles. The largest absolute Gasteiger partial charge is 0.303 e. The zero-order valence-corrected chi connectivity index (χ0v) is 10.3. The average molecular weight is 185 g/mol. The predicted octanol–water partition coefficient (Wildman–Crippen LogP) is 3.40. The molecular formula is C12H27N. The molecule has 0 heterocycles. The Morgan fingerprint density at radius 1 is 1.00 bits per heavy atom. The van der Waals surface area contributed by atoms with Gasteiger partial charge in [0.2, 0.25) is 0 Å². The van der Waals surface area contributed by atoms with Crippen LogP contribution in [0.3, 0.4) is 0 Å². The lowest BCUT2D eigenvalue weighted by atomic mass is 9.85. The third-order valence-corrected chi connectivity index (χ3v) is 3.22. The van der Waals surface area contributed by atoms with Crippen LogP contribution in [0.5, 0.6) is 0 Å². The van der Waals surface area contributed by atoms with Crippen LogP contribution in [-0.4, -0.2) is 24.5 Å². The second-order valence-corrected chi connectivity index (χ2v) is 4.38. The highest BCUT2D eigenvalue weighted by atomic mass is 15.1. The third kappa shape index (κ3) is 3.68. The van der Waals surface area contributed by atoms with Crippen LogP contribution < -0.4 is 0 Å². The van der Waals surface area contributed by atoms with Gasteiger partial charge in [-0.05, 0) is 25.4 Å². The Balaban J connectivity index is 4.38. The molecule has 0 saturated carbocycles. The lowest BCUT2D eigenvalue weighted by Crippen LogP contribution is -2.41. The fourth-order valence-electron chi connectivity index (χ4n) is 2.40. The van der Waals surface area contributed by atoms with Crippen molar-refractivity contribution in [1.29, 1.82) is 0 Å². The fraction of sp³-hybridized carbons (Fsp3) is 1.00. The lowest BCUT2D eigenvalue weighted by Gasteiger charge is -2.36. The Morgan fingerprint density at radius 3 is 1.69 bits per heavy atom. The molecule has 0 amide bonds. The minimum Gasteiger partial charge on any atom is -0.303 e. The van der Waals surface area contributed by atoms with Gasteiger partial charge in [-0.15, -0.1) is 0 Å². The first-order valence-corrected chi connectivity index (χ1v) is 5.78. The van der Waals surface area contributed by atoms with Crippen molar-refractivity contribution in [3.05, 3.63) is 0 Å². The summed E-state index contributed by atoms with van der Waals surface area (Å²) in [5.41, 5.74) is 0. The second-order valence-electron chi connectivity index (χ2n) is 4.38. The first kappa shape index (κ1) is 13.0. The molecule has 0 fully saturated rings. The first-order chi connectivity index (χ1) is 6.08. The van der Waals surface area contributed by atoms with Gasteiger partial charge in [0.15, 0.2) is 0 Å². The molecule has 0 aromatic rings. The van der Waals surface area contributed by atoms with Gasteiger partial charge < -0.3 is 4.90 Å². The standard InChI is InChI=1S/C12H27N/c1-7-11(8-2)12(10(4)5)13(6)9-3/h10-12H,7-9H2,1-6H3. The van der Waals surface area contributed by atoms with Crippen molar-refractivity contribution in [3.63, 3.8) is 0 Å². The summed E-state index contributed by atoms with van der Waals surface area (Å²) in [4.78, 5) is 2.50. The van der Waals surface area contributed by atoms with Gasteiger partial charge in [0.05, 0.1) is 0 Å². The summed E-state index contributed by atoms with van der Waals surface area (Å²) >= 11 is 0. The van der Waals surface area contributed by atoms with E-state index in [1.807, 2.05) is 0 Å². The molecule has 0 spiro atoms. The van der Waals surface area contributed by atoms with Gasteiger partial charge >= 0.3 is 0 Å². The van der Waals surface area contributed by atoms with Crippen molar-refractivity contribution < 1.29 is 0 Å². The van der Waals surface area contributed by atoms with E-state index in [4.69, 9.17) is 0 Å². The lowest BCUT2D eigenvalue weighted by molar-refractivity contribution is 0.129. The molecule has 0 aliphatic carbocycles. The van der Waals surface area contributed by atoms with Crippen LogP contribution in [0.2, 0.25) is 0 Å². The summed E-state index contributed by atoms with van der Waals surface area (Å²) < 4.78 is 0. The molecule has 0 aromatic heterocycles. The number of nitrogens with zero attached hydrogens (tertiary/aromatic N) is 1. The molecule has 0 rings (SSSR count). The van der Waals surface area contributed by atoms with Crippen LogP contribution in [-0.2, 0) is 0 Å². The van der Waals surface area contributed by atoms with Crippen LogP contribution >= 0.6 is 0 Å². The Labute approximate surface area is 84.5 Å². The van der Waals surface area contributed by atoms with E-state index >= 15 is 0 Å². The topological polar surface area (TPSA) is 3.24 Å². The number of rotatable bonds is 6. The van der Waals surface area contributed by atoms with Gasteiger partial charge in [0.25, 0.3) is 0 Å². The molecule has 1 unspecified atom stereocenters. The van der Waals surface area contributed by atoms with Gasteiger partial charge in [-0.1, -0.05) is 47.5 Å². The molecule has 13 heavy (non-hydrogen) atoms. The van der Waals surface area contributed by atoms with Gasteiger partial charge in [0, 0.05) is 6.04 Å². The van der Waals surface area contributed by atoms with Crippen molar-refractivity contribution in [3.8, 4) is 0 Å². The maximum atomic E-state index is 2.50. The first-order valence-electron chi connectivity index (χ1n) is 5.78. The molecule has 0 aliphatic rings. The highest BCUT2D eigenvalue weighted by molar-refractivity contribution is 4.78. The summed E-state index contributed by atoms with van der Waals surface area (Å²) in [5, 5.41) is 0. The maximum absolute atomic E-state index is 2.50. The SMILES string of the molecule is CCC(CC)C(C(C)C)N(C)CC. The van der Waals surface area contributed by atoms with Crippen LogP contribution in [0.25, 0.3) is 0 Å². The van der Waals surface area contributed by atoms with E-state index < -0.39 is 0 Å². The average Bonchev–Trinajstić information content (AvgIpc) is 2.12. The Bertz CT molecular complexity index is 116. The van der Waals surface area contributed by atoms with Crippen molar-refractivity contribution >= 4 is 0 Å². The zero-order valence-electron chi connectivity index (χ0n) is 10.3. The molecule has 0 aliphatic heterocycles. The summed E-state index contributed by atoms with van der Waals surface area (Å²) in [6.07, 6.45) is 2.62. The third-order valence-electron chi connectivity index (χ3n) is 3.22. The van der Waals surface area contributed by atoms with E-state index in [0.29, 0.717) is 0 Å². The van der Waals surface area contributed by atoms with Crippen molar-refractivity contribution in [1.82, 2.24) is 4.90 Å². The van der Waals surface area contributed by atoms with Crippen LogP contribution in [0.15, 0.2) is 0 Å².